The largest absolute Gasteiger partial charge is 0.378 e. The van der Waals surface area contributed by atoms with Gasteiger partial charge in [0.2, 0.25) is 11.8 Å². The van der Waals surface area contributed by atoms with Crippen molar-refractivity contribution >= 4 is 23.5 Å². The summed E-state index contributed by atoms with van der Waals surface area (Å²) in [4.78, 5) is 46.4. The third-order valence-corrected chi connectivity index (χ3v) is 6.24. The maximum Gasteiger partial charge on any atom is 0.255 e. The quantitative estimate of drug-likeness (QED) is 0.654. The lowest BCUT2D eigenvalue weighted by atomic mass is 10.0. The summed E-state index contributed by atoms with van der Waals surface area (Å²) in [6, 6.07) is 10.5. The van der Waals surface area contributed by atoms with Crippen LogP contribution in [-0.4, -0.2) is 66.5 Å². The maximum atomic E-state index is 13.0. The van der Waals surface area contributed by atoms with E-state index in [1.165, 1.54) is 0 Å². The van der Waals surface area contributed by atoms with Crippen LogP contribution in [0.5, 0.6) is 0 Å². The molecule has 9 nitrogen and oxygen atoms in total. The number of nitrogens with zero attached hydrogens (tertiary/aromatic N) is 3. The average Bonchev–Trinajstić information content (AvgIpc) is 3.66. The van der Waals surface area contributed by atoms with Crippen molar-refractivity contribution in [2.75, 3.05) is 37.7 Å². The van der Waals surface area contributed by atoms with E-state index in [9.17, 15) is 14.4 Å². The lowest BCUT2D eigenvalue weighted by Crippen LogP contribution is -2.43. The Morgan fingerprint density at radius 1 is 1.06 bits per heavy atom. The number of amides is 3. The molecule has 0 bridgehead atoms. The van der Waals surface area contributed by atoms with Crippen LogP contribution in [0.25, 0.3) is 0 Å². The number of anilines is 1. The first-order valence-corrected chi connectivity index (χ1v) is 11.4. The summed E-state index contributed by atoms with van der Waals surface area (Å²) in [6.07, 6.45) is 3.56. The summed E-state index contributed by atoms with van der Waals surface area (Å²) in [6.45, 7) is 3.21. The fourth-order valence-electron chi connectivity index (χ4n) is 4.36. The number of morpholine rings is 1. The highest BCUT2D eigenvalue weighted by Gasteiger charge is 2.47. The monoisotopic (exact) mass is 449 g/mol. The van der Waals surface area contributed by atoms with Crippen molar-refractivity contribution in [3.63, 3.8) is 0 Å². The molecule has 9 heteroatoms. The SMILES string of the molecule is O=C(CNC(=O)C1c2ccccc2C(=O)N1C1CC1)NCc1ccc(N2CCOCC2)nc1. The molecule has 0 spiro atoms. The molecule has 3 aliphatic rings. The molecule has 2 aromatic rings. The van der Waals surface area contributed by atoms with Gasteiger partial charge >= 0.3 is 0 Å². The van der Waals surface area contributed by atoms with Gasteiger partial charge in [-0.25, -0.2) is 4.98 Å². The molecule has 33 heavy (non-hydrogen) atoms. The molecule has 1 saturated heterocycles. The maximum absolute atomic E-state index is 13.0. The fourth-order valence-corrected chi connectivity index (χ4v) is 4.36. The third-order valence-electron chi connectivity index (χ3n) is 6.24. The number of pyridine rings is 1. The molecule has 3 heterocycles. The number of benzene rings is 1. The Balaban J connectivity index is 1.13. The fraction of sp³-hybridized carbons (Fsp3) is 0.417. The second-order valence-electron chi connectivity index (χ2n) is 8.55. The summed E-state index contributed by atoms with van der Waals surface area (Å²) in [5.41, 5.74) is 2.16. The molecule has 172 valence electrons. The van der Waals surface area contributed by atoms with Crippen LogP contribution in [0.4, 0.5) is 5.82 Å². The van der Waals surface area contributed by atoms with Crippen LogP contribution in [0.1, 0.15) is 40.4 Å². The minimum atomic E-state index is -0.675. The minimum Gasteiger partial charge on any atom is -0.378 e. The van der Waals surface area contributed by atoms with E-state index in [1.54, 1.807) is 23.2 Å². The van der Waals surface area contributed by atoms with E-state index < -0.39 is 6.04 Å². The predicted molar refractivity (Wildman–Crippen MR) is 120 cm³/mol. The van der Waals surface area contributed by atoms with Crippen molar-refractivity contribution in [2.24, 2.45) is 0 Å². The van der Waals surface area contributed by atoms with Crippen molar-refractivity contribution in [3.05, 3.63) is 59.3 Å². The number of carbonyl (C=O) groups is 3. The highest BCUT2D eigenvalue weighted by atomic mass is 16.5. The van der Waals surface area contributed by atoms with Crippen molar-refractivity contribution < 1.29 is 19.1 Å². The Bertz CT molecular complexity index is 1050. The molecule has 3 amide bonds. The van der Waals surface area contributed by atoms with Gasteiger partial charge in [-0.15, -0.1) is 0 Å². The van der Waals surface area contributed by atoms with Crippen molar-refractivity contribution in [1.82, 2.24) is 20.5 Å². The first kappa shape index (κ1) is 21.4. The molecule has 1 saturated carbocycles. The van der Waals surface area contributed by atoms with Gasteiger partial charge in [0.15, 0.2) is 0 Å². The molecule has 2 fully saturated rings. The normalized spacial score (nSPS) is 19.9. The molecule has 1 aromatic heterocycles. The van der Waals surface area contributed by atoms with Gasteiger partial charge in [-0.2, -0.15) is 0 Å². The molecule has 2 aliphatic heterocycles. The number of carbonyl (C=O) groups excluding carboxylic acids is 3. The standard InChI is InChI=1S/C24H27N5O4/c30-21(26-14-16-5-8-20(25-13-16)28-9-11-33-12-10-28)15-27-23(31)22-18-3-1-2-4-19(18)24(32)29(22)17-6-7-17/h1-5,8,13,17,22H,6-7,9-12,14-15H2,(H,26,30)(H,27,31). The van der Waals surface area contributed by atoms with Gasteiger partial charge in [0.25, 0.3) is 5.91 Å². The van der Waals surface area contributed by atoms with Crippen LogP contribution in [0.3, 0.4) is 0 Å². The van der Waals surface area contributed by atoms with Crippen LogP contribution in [0.2, 0.25) is 0 Å². The zero-order valence-corrected chi connectivity index (χ0v) is 18.3. The second kappa shape index (κ2) is 9.19. The second-order valence-corrected chi connectivity index (χ2v) is 8.55. The van der Waals surface area contributed by atoms with Gasteiger partial charge in [-0.3, -0.25) is 14.4 Å². The predicted octanol–water partition coefficient (Wildman–Crippen LogP) is 1.01. The number of ether oxygens (including phenoxy) is 1. The molecule has 1 aliphatic carbocycles. The van der Waals surface area contributed by atoms with Gasteiger partial charge in [0.05, 0.1) is 19.8 Å². The highest BCUT2D eigenvalue weighted by Crippen LogP contribution is 2.41. The molecule has 2 N–H and O–H groups in total. The van der Waals surface area contributed by atoms with Gasteiger partial charge in [-0.05, 0) is 36.1 Å². The Labute approximate surface area is 192 Å². The highest BCUT2D eigenvalue weighted by molar-refractivity contribution is 6.05. The van der Waals surface area contributed by atoms with Crippen LogP contribution in [0, 0.1) is 0 Å². The van der Waals surface area contributed by atoms with Crippen LogP contribution in [-0.2, 0) is 20.9 Å². The number of nitrogens with one attached hydrogen (secondary N) is 2. The molecule has 1 unspecified atom stereocenters. The summed E-state index contributed by atoms with van der Waals surface area (Å²) < 4.78 is 5.36. The van der Waals surface area contributed by atoms with Crippen LogP contribution >= 0.6 is 0 Å². The number of hydrogen-bond acceptors (Lipinski definition) is 6. The van der Waals surface area contributed by atoms with Crippen LogP contribution < -0.4 is 15.5 Å². The Morgan fingerprint density at radius 2 is 1.85 bits per heavy atom. The van der Waals surface area contributed by atoms with E-state index in [2.05, 4.69) is 20.5 Å². The van der Waals surface area contributed by atoms with Gasteiger partial charge in [0.1, 0.15) is 11.9 Å². The van der Waals surface area contributed by atoms with E-state index in [4.69, 9.17) is 4.74 Å². The zero-order valence-electron chi connectivity index (χ0n) is 18.3. The lowest BCUT2D eigenvalue weighted by Gasteiger charge is -2.27. The van der Waals surface area contributed by atoms with Gasteiger partial charge in [-0.1, -0.05) is 24.3 Å². The van der Waals surface area contributed by atoms with Gasteiger partial charge in [0, 0.05) is 37.4 Å². The minimum absolute atomic E-state index is 0.0995. The number of fused-ring (bicyclic) bond motifs is 1. The summed E-state index contributed by atoms with van der Waals surface area (Å²) in [7, 11) is 0. The molecular weight excluding hydrogens is 422 g/mol. The van der Waals surface area contributed by atoms with E-state index in [0.717, 1.165) is 37.3 Å². The Kier molecular flexibility index (Phi) is 5.95. The molecule has 5 rings (SSSR count). The van der Waals surface area contributed by atoms with Crippen molar-refractivity contribution in [3.8, 4) is 0 Å². The van der Waals surface area contributed by atoms with E-state index in [1.807, 2.05) is 24.3 Å². The molecule has 1 aromatic carbocycles. The topological polar surface area (TPSA) is 104 Å². The summed E-state index contributed by atoms with van der Waals surface area (Å²) in [5, 5.41) is 5.52. The average molecular weight is 450 g/mol. The van der Waals surface area contributed by atoms with Crippen LogP contribution in [0.15, 0.2) is 42.6 Å². The summed E-state index contributed by atoms with van der Waals surface area (Å²) >= 11 is 0. The van der Waals surface area contributed by atoms with E-state index in [0.29, 0.717) is 30.9 Å². The molecule has 1 atom stereocenters. The van der Waals surface area contributed by atoms with Gasteiger partial charge < -0.3 is 25.2 Å². The number of aromatic nitrogens is 1. The Morgan fingerprint density at radius 3 is 2.58 bits per heavy atom. The first-order chi connectivity index (χ1) is 16.1. The van der Waals surface area contributed by atoms with Crippen molar-refractivity contribution in [2.45, 2.75) is 31.5 Å². The zero-order chi connectivity index (χ0) is 22.8. The first-order valence-electron chi connectivity index (χ1n) is 11.4. The van der Waals surface area contributed by atoms with E-state index in [-0.39, 0.29) is 30.3 Å². The Hall–Kier alpha value is -3.46. The smallest absolute Gasteiger partial charge is 0.255 e. The lowest BCUT2D eigenvalue weighted by molar-refractivity contribution is -0.129. The molecule has 0 radical (unpaired) electrons. The number of hydrogen-bond donors (Lipinski definition) is 2. The summed E-state index contributed by atoms with van der Waals surface area (Å²) in [5.74, 6) is 0.168. The van der Waals surface area contributed by atoms with E-state index >= 15 is 0 Å². The number of rotatable bonds is 7. The van der Waals surface area contributed by atoms with Crippen molar-refractivity contribution in [1.29, 1.82) is 0 Å². The molecular formula is C24H27N5O4. The third kappa shape index (κ3) is 4.54.